The predicted molar refractivity (Wildman–Crippen MR) is 105 cm³/mol. The maximum Gasteiger partial charge on any atom is 0.186 e. The van der Waals surface area contributed by atoms with Crippen LogP contribution in [0, 0.1) is 0 Å². The summed E-state index contributed by atoms with van der Waals surface area (Å²) >= 11 is 3.41. The number of hydrogen-bond acceptors (Lipinski definition) is 2. The smallest absolute Gasteiger partial charge is 0.186 e. The summed E-state index contributed by atoms with van der Waals surface area (Å²) in [5, 5.41) is 0. The van der Waals surface area contributed by atoms with Gasteiger partial charge >= 0.3 is 0 Å². The molecule has 4 rings (SSSR count). The molecule has 3 aromatic rings. The van der Waals surface area contributed by atoms with Crippen molar-refractivity contribution < 1.29 is 9.59 Å². The molecule has 0 spiro atoms. The van der Waals surface area contributed by atoms with Gasteiger partial charge in [0.2, 0.25) is 0 Å². The van der Waals surface area contributed by atoms with Crippen LogP contribution in [-0.4, -0.2) is 16.6 Å². The number of ketones is 1. The lowest BCUT2D eigenvalue weighted by atomic mass is 9.79. The number of aromatic nitrogens is 1. The number of allylic oxidation sites excluding steroid dienone is 1. The van der Waals surface area contributed by atoms with E-state index in [-0.39, 0.29) is 11.7 Å². The Hall–Kier alpha value is -2.72. The summed E-state index contributed by atoms with van der Waals surface area (Å²) in [4.78, 5) is 25.3. The summed E-state index contributed by atoms with van der Waals surface area (Å²) < 4.78 is 2.89. The van der Waals surface area contributed by atoms with Gasteiger partial charge in [0, 0.05) is 33.4 Å². The third kappa shape index (κ3) is 2.86. The highest BCUT2D eigenvalue weighted by molar-refractivity contribution is 9.10. The Balaban J connectivity index is 1.88. The average Bonchev–Trinajstić information content (AvgIpc) is 3.15. The number of fused-ring (bicyclic) bond motifs is 1. The highest BCUT2D eigenvalue weighted by atomic mass is 79.9. The summed E-state index contributed by atoms with van der Waals surface area (Å²) in [5.74, 6) is -0.319. The molecule has 0 bridgehead atoms. The Kier molecular flexibility index (Phi) is 4.43. The van der Waals surface area contributed by atoms with Crippen LogP contribution in [0.25, 0.3) is 6.08 Å². The number of Topliss-reactive ketones (excluding diaryl/α,β-unsaturated/α-hetero) is 1. The topological polar surface area (TPSA) is 39.1 Å². The quantitative estimate of drug-likeness (QED) is 0.449. The van der Waals surface area contributed by atoms with Crippen LogP contribution in [0.1, 0.15) is 33.6 Å². The predicted octanol–water partition coefficient (Wildman–Crippen LogP) is 5.05. The fourth-order valence-electron chi connectivity index (χ4n) is 3.59. The van der Waals surface area contributed by atoms with Gasteiger partial charge < -0.3 is 4.57 Å². The molecule has 2 heterocycles. The first-order chi connectivity index (χ1) is 12.7. The summed E-state index contributed by atoms with van der Waals surface area (Å²) in [6, 6.07) is 20.4. The molecule has 2 aromatic carbocycles. The zero-order valence-corrected chi connectivity index (χ0v) is 15.5. The van der Waals surface area contributed by atoms with Gasteiger partial charge in [-0.05, 0) is 35.9 Å². The van der Waals surface area contributed by atoms with E-state index in [9.17, 15) is 9.59 Å². The molecule has 0 radical (unpaired) electrons. The third-order valence-corrected chi connectivity index (χ3v) is 5.32. The first-order valence-corrected chi connectivity index (χ1v) is 9.16. The van der Waals surface area contributed by atoms with Crippen molar-refractivity contribution in [3.05, 3.63) is 99.8 Å². The maximum atomic E-state index is 13.4. The molecule has 26 heavy (non-hydrogen) atoms. The lowest BCUT2D eigenvalue weighted by molar-refractivity contribution is -0.105. The van der Waals surface area contributed by atoms with E-state index in [1.807, 2.05) is 83.6 Å². The van der Waals surface area contributed by atoms with Gasteiger partial charge in [0.05, 0.1) is 0 Å². The van der Waals surface area contributed by atoms with E-state index < -0.39 is 6.04 Å². The molecule has 0 fully saturated rings. The Morgan fingerprint density at radius 3 is 2.38 bits per heavy atom. The first-order valence-electron chi connectivity index (χ1n) is 8.37. The zero-order chi connectivity index (χ0) is 18.1. The van der Waals surface area contributed by atoms with Gasteiger partial charge in [-0.15, -0.1) is 0 Å². The van der Waals surface area contributed by atoms with Gasteiger partial charge in [0.15, 0.2) is 5.78 Å². The number of rotatable bonds is 4. The minimum Gasteiger partial charge on any atom is -0.336 e. The monoisotopic (exact) mass is 405 g/mol. The Morgan fingerprint density at radius 2 is 1.69 bits per heavy atom. The number of hydrogen-bond donors (Lipinski definition) is 0. The number of aldehydes is 1. The molecule has 0 N–H and O–H groups in total. The molecule has 0 saturated heterocycles. The molecule has 0 amide bonds. The van der Waals surface area contributed by atoms with Crippen LogP contribution in [-0.2, 0) is 4.79 Å². The molecule has 1 aromatic heterocycles. The number of halogens is 1. The maximum absolute atomic E-state index is 13.4. The van der Waals surface area contributed by atoms with Crippen molar-refractivity contribution in [3.8, 4) is 0 Å². The first kappa shape index (κ1) is 16.7. The SMILES string of the molecule is O=CC1=Cc2cccn2C(C(=O)c2ccc(Br)cc2)C1c1ccccc1. The van der Waals surface area contributed by atoms with E-state index in [2.05, 4.69) is 15.9 Å². The molecule has 4 heteroatoms. The van der Waals surface area contributed by atoms with Gasteiger partial charge in [-0.25, -0.2) is 0 Å². The van der Waals surface area contributed by atoms with Crippen LogP contribution >= 0.6 is 15.9 Å². The molecular weight excluding hydrogens is 390 g/mol. The second kappa shape index (κ2) is 6.89. The average molecular weight is 406 g/mol. The van der Waals surface area contributed by atoms with Crippen molar-refractivity contribution in [2.24, 2.45) is 0 Å². The molecule has 0 saturated carbocycles. The second-order valence-corrected chi connectivity index (χ2v) is 7.22. The number of carbonyl (C=O) groups is 2. The Bertz CT molecular complexity index is 986. The van der Waals surface area contributed by atoms with Gasteiger partial charge in [0.1, 0.15) is 12.3 Å². The van der Waals surface area contributed by atoms with Crippen molar-refractivity contribution in [1.29, 1.82) is 0 Å². The molecule has 2 unspecified atom stereocenters. The second-order valence-electron chi connectivity index (χ2n) is 6.31. The number of benzene rings is 2. The van der Waals surface area contributed by atoms with Crippen molar-refractivity contribution in [2.75, 3.05) is 0 Å². The molecular formula is C22H16BrNO2. The lowest BCUT2D eigenvalue weighted by Crippen LogP contribution is -2.30. The van der Waals surface area contributed by atoms with E-state index in [1.54, 1.807) is 0 Å². The van der Waals surface area contributed by atoms with Crippen molar-refractivity contribution in [1.82, 2.24) is 4.57 Å². The van der Waals surface area contributed by atoms with Crippen LogP contribution in [0.5, 0.6) is 0 Å². The minimum atomic E-state index is -0.492. The summed E-state index contributed by atoms with van der Waals surface area (Å²) in [6.07, 6.45) is 4.65. The molecule has 1 aliphatic rings. The molecule has 2 atom stereocenters. The largest absolute Gasteiger partial charge is 0.336 e. The summed E-state index contributed by atoms with van der Waals surface area (Å²) in [7, 11) is 0. The standard InChI is InChI=1S/C22H16BrNO2/c23-18-10-8-16(9-11-18)22(26)21-20(15-5-2-1-3-6-15)17(14-25)13-19-7-4-12-24(19)21/h1-14,20-21H. The molecule has 0 aliphatic carbocycles. The van der Waals surface area contributed by atoms with Crippen LogP contribution in [0.3, 0.4) is 0 Å². The molecule has 3 nitrogen and oxygen atoms in total. The van der Waals surface area contributed by atoms with Gasteiger partial charge in [0.25, 0.3) is 0 Å². The normalized spacial score (nSPS) is 18.7. The number of carbonyl (C=O) groups excluding carboxylic acids is 2. The lowest BCUT2D eigenvalue weighted by Gasteiger charge is -2.33. The highest BCUT2D eigenvalue weighted by Gasteiger charge is 2.37. The third-order valence-electron chi connectivity index (χ3n) is 4.79. The molecule has 128 valence electrons. The van der Waals surface area contributed by atoms with Crippen LogP contribution in [0.4, 0.5) is 0 Å². The van der Waals surface area contributed by atoms with Gasteiger partial charge in [-0.1, -0.05) is 58.4 Å². The Labute approximate surface area is 160 Å². The van der Waals surface area contributed by atoms with Gasteiger partial charge in [-0.2, -0.15) is 0 Å². The minimum absolute atomic E-state index is 0.00347. The van der Waals surface area contributed by atoms with Crippen LogP contribution < -0.4 is 0 Å². The van der Waals surface area contributed by atoms with Gasteiger partial charge in [-0.3, -0.25) is 9.59 Å². The van der Waals surface area contributed by atoms with E-state index in [4.69, 9.17) is 0 Å². The fourth-order valence-corrected chi connectivity index (χ4v) is 3.86. The van der Waals surface area contributed by atoms with E-state index in [0.717, 1.165) is 22.0 Å². The van der Waals surface area contributed by atoms with Crippen molar-refractivity contribution >= 4 is 34.1 Å². The van der Waals surface area contributed by atoms with Crippen molar-refractivity contribution in [2.45, 2.75) is 12.0 Å². The molecule has 1 aliphatic heterocycles. The van der Waals surface area contributed by atoms with E-state index in [0.29, 0.717) is 11.1 Å². The van der Waals surface area contributed by atoms with Crippen LogP contribution in [0.15, 0.2) is 83.0 Å². The zero-order valence-electron chi connectivity index (χ0n) is 13.9. The van der Waals surface area contributed by atoms with E-state index in [1.165, 1.54) is 0 Å². The Morgan fingerprint density at radius 1 is 0.962 bits per heavy atom. The van der Waals surface area contributed by atoms with Crippen LogP contribution in [0.2, 0.25) is 0 Å². The van der Waals surface area contributed by atoms with E-state index >= 15 is 0 Å². The fraction of sp³-hybridized carbons (Fsp3) is 0.0909. The summed E-state index contributed by atoms with van der Waals surface area (Å²) in [6.45, 7) is 0. The highest BCUT2D eigenvalue weighted by Crippen LogP contribution is 2.41. The van der Waals surface area contributed by atoms with Crippen molar-refractivity contribution in [3.63, 3.8) is 0 Å². The number of nitrogens with zero attached hydrogens (tertiary/aromatic N) is 1. The summed E-state index contributed by atoms with van der Waals surface area (Å²) in [5.41, 5.74) is 3.08.